The van der Waals surface area contributed by atoms with Gasteiger partial charge in [-0.1, -0.05) is 0 Å². The summed E-state index contributed by atoms with van der Waals surface area (Å²) in [5.41, 5.74) is 1.87. The van der Waals surface area contributed by atoms with Crippen LogP contribution in [-0.2, 0) is 17.5 Å². The third kappa shape index (κ3) is 6.47. The third-order valence-electron chi connectivity index (χ3n) is 7.87. The van der Waals surface area contributed by atoms with Crippen molar-refractivity contribution in [3.8, 4) is 0 Å². The van der Waals surface area contributed by atoms with E-state index in [4.69, 9.17) is 9.84 Å². The summed E-state index contributed by atoms with van der Waals surface area (Å²) in [6.07, 6.45) is -0.890. The van der Waals surface area contributed by atoms with Gasteiger partial charge in [0.05, 0.1) is 24.3 Å². The van der Waals surface area contributed by atoms with E-state index in [0.29, 0.717) is 37.7 Å². The maximum Gasteiger partial charge on any atom is 0.416 e. The minimum absolute atomic E-state index is 0.0921. The number of benzene rings is 2. The van der Waals surface area contributed by atoms with Crippen molar-refractivity contribution in [2.75, 3.05) is 52.5 Å². The number of likely N-dealkylation sites (tertiary alicyclic amines) is 1. The van der Waals surface area contributed by atoms with E-state index >= 15 is 0 Å². The van der Waals surface area contributed by atoms with Gasteiger partial charge in [-0.15, -0.1) is 0 Å². The summed E-state index contributed by atoms with van der Waals surface area (Å²) in [5.74, 6) is -0.0249. The Morgan fingerprint density at radius 1 is 1.02 bits per heavy atom. The molecule has 0 bridgehead atoms. The number of nitrogens with zero attached hydrogens (tertiary/aromatic N) is 4. The van der Waals surface area contributed by atoms with E-state index in [1.807, 2.05) is 29.9 Å². The number of rotatable bonds is 7. The van der Waals surface area contributed by atoms with E-state index in [-0.39, 0.29) is 17.4 Å². The van der Waals surface area contributed by atoms with Crippen LogP contribution in [0.4, 0.5) is 13.2 Å². The van der Waals surface area contributed by atoms with Crippen LogP contribution < -0.4 is 5.32 Å². The molecule has 0 aliphatic carbocycles. The van der Waals surface area contributed by atoms with Gasteiger partial charge in [0.25, 0.3) is 11.8 Å². The van der Waals surface area contributed by atoms with Crippen LogP contribution in [0.1, 0.15) is 44.7 Å². The zero-order valence-electron chi connectivity index (χ0n) is 22.5. The van der Waals surface area contributed by atoms with Crippen LogP contribution in [0.3, 0.4) is 0 Å². The number of hydrogen-bond donors (Lipinski definition) is 1. The Kier molecular flexibility index (Phi) is 8.41. The number of hydrogen-bond acceptors (Lipinski definition) is 5. The first kappa shape index (κ1) is 28.1. The first-order chi connectivity index (χ1) is 19.2. The normalized spacial score (nSPS) is 17.4. The van der Waals surface area contributed by atoms with Crippen molar-refractivity contribution in [3.05, 3.63) is 64.8 Å². The molecule has 3 aromatic rings. The first-order valence-corrected chi connectivity index (χ1v) is 13.7. The topological polar surface area (TPSA) is 79.7 Å². The average molecular weight is 558 g/mol. The molecule has 0 unspecified atom stereocenters. The predicted molar refractivity (Wildman–Crippen MR) is 144 cm³/mol. The molecule has 40 heavy (non-hydrogen) atoms. The lowest BCUT2D eigenvalue weighted by molar-refractivity contribution is -0.137. The summed E-state index contributed by atoms with van der Waals surface area (Å²) in [7, 11) is 0. The fourth-order valence-corrected chi connectivity index (χ4v) is 5.44. The molecule has 2 amide bonds. The van der Waals surface area contributed by atoms with Gasteiger partial charge in [0, 0.05) is 68.5 Å². The number of piperidine rings is 1. The van der Waals surface area contributed by atoms with Crippen molar-refractivity contribution >= 4 is 22.7 Å². The van der Waals surface area contributed by atoms with Gasteiger partial charge in [0.1, 0.15) is 0 Å². The van der Waals surface area contributed by atoms with E-state index in [9.17, 15) is 22.8 Å². The van der Waals surface area contributed by atoms with Crippen LogP contribution in [0.2, 0.25) is 0 Å². The summed E-state index contributed by atoms with van der Waals surface area (Å²) >= 11 is 0. The zero-order valence-corrected chi connectivity index (χ0v) is 22.5. The summed E-state index contributed by atoms with van der Waals surface area (Å²) < 4.78 is 45.7. The van der Waals surface area contributed by atoms with E-state index in [2.05, 4.69) is 10.2 Å². The number of amides is 2. The molecule has 11 heteroatoms. The molecule has 2 saturated heterocycles. The average Bonchev–Trinajstić information content (AvgIpc) is 3.37. The van der Waals surface area contributed by atoms with E-state index in [1.54, 1.807) is 4.90 Å². The number of carbonyl (C=O) groups excluding carboxylic acids is 2. The highest BCUT2D eigenvalue weighted by Gasteiger charge is 2.31. The van der Waals surface area contributed by atoms with E-state index in [0.717, 1.165) is 74.3 Å². The molecule has 2 aromatic carbocycles. The van der Waals surface area contributed by atoms with Crippen molar-refractivity contribution in [3.63, 3.8) is 0 Å². The molecule has 1 N–H and O–H groups in total. The number of halogens is 3. The first-order valence-electron chi connectivity index (χ1n) is 13.7. The zero-order chi connectivity index (χ0) is 28.3. The van der Waals surface area contributed by atoms with E-state index in [1.165, 1.54) is 12.1 Å². The Hall–Kier alpha value is -3.44. The molecule has 8 nitrogen and oxygen atoms in total. The number of alkyl halides is 3. The quantitative estimate of drug-likeness (QED) is 0.476. The van der Waals surface area contributed by atoms with Gasteiger partial charge in [-0.05, 0) is 67.6 Å². The van der Waals surface area contributed by atoms with Gasteiger partial charge >= 0.3 is 6.18 Å². The minimum Gasteiger partial charge on any atom is -0.379 e. The summed E-state index contributed by atoms with van der Waals surface area (Å²) in [6.45, 7) is 8.31. The van der Waals surface area contributed by atoms with Gasteiger partial charge in [-0.25, -0.2) is 0 Å². The Morgan fingerprint density at radius 2 is 1.73 bits per heavy atom. The summed E-state index contributed by atoms with van der Waals surface area (Å²) in [6, 6.07) is 8.09. The molecular weight excluding hydrogens is 523 g/mol. The lowest BCUT2D eigenvalue weighted by atomic mass is 9.96. The highest BCUT2D eigenvalue weighted by atomic mass is 19.4. The van der Waals surface area contributed by atoms with Gasteiger partial charge in [-0.2, -0.15) is 18.3 Å². The molecule has 5 rings (SSSR count). The number of aromatic nitrogens is 2. The fourth-order valence-electron chi connectivity index (χ4n) is 5.44. The number of carbonyl (C=O) groups is 2. The van der Waals surface area contributed by atoms with Crippen molar-refractivity contribution < 1.29 is 27.5 Å². The number of aryl methyl sites for hydroxylation is 1. The number of morpholine rings is 1. The molecule has 2 aliphatic heterocycles. The second kappa shape index (κ2) is 12.0. The lowest BCUT2D eigenvalue weighted by Gasteiger charge is -2.32. The second-order valence-corrected chi connectivity index (χ2v) is 10.5. The molecule has 214 valence electrons. The predicted octanol–water partition coefficient (Wildman–Crippen LogP) is 3.98. The van der Waals surface area contributed by atoms with Crippen LogP contribution in [-0.4, -0.2) is 83.9 Å². The molecule has 1 aromatic heterocycles. The highest BCUT2D eigenvalue weighted by molar-refractivity contribution is 6.00. The largest absolute Gasteiger partial charge is 0.416 e. The van der Waals surface area contributed by atoms with Gasteiger partial charge < -0.3 is 15.0 Å². The van der Waals surface area contributed by atoms with Crippen LogP contribution in [0, 0.1) is 12.8 Å². The van der Waals surface area contributed by atoms with Crippen LogP contribution in [0.15, 0.2) is 42.6 Å². The molecule has 0 spiro atoms. The lowest BCUT2D eigenvalue weighted by Crippen LogP contribution is -2.41. The Bertz CT molecular complexity index is 1340. The minimum atomic E-state index is -4.42. The number of fused-ring (bicyclic) bond motifs is 1. The smallest absolute Gasteiger partial charge is 0.379 e. The van der Waals surface area contributed by atoms with Crippen molar-refractivity contribution in [2.45, 2.75) is 32.5 Å². The monoisotopic (exact) mass is 557 g/mol. The fraction of sp³-hybridized carbons (Fsp3) is 0.483. The third-order valence-corrected chi connectivity index (χ3v) is 7.87. The molecule has 2 aliphatic rings. The Labute approximate surface area is 231 Å². The van der Waals surface area contributed by atoms with Crippen molar-refractivity contribution in [1.82, 2.24) is 24.9 Å². The summed E-state index contributed by atoms with van der Waals surface area (Å²) in [4.78, 5) is 29.6. The molecule has 2 fully saturated rings. The van der Waals surface area contributed by atoms with Crippen LogP contribution in [0.25, 0.3) is 10.9 Å². The molecule has 3 heterocycles. The maximum absolute atomic E-state index is 12.9. The molecule has 0 radical (unpaired) electrons. The Morgan fingerprint density at radius 3 is 2.40 bits per heavy atom. The number of ether oxygens (including phenoxy) is 1. The van der Waals surface area contributed by atoms with Crippen LogP contribution in [0.5, 0.6) is 0 Å². The van der Waals surface area contributed by atoms with E-state index < -0.39 is 11.7 Å². The van der Waals surface area contributed by atoms with Crippen molar-refractivity contribution in [1.29, 1.82) is 0 Å². The molecule has 0 atom stereocenters. The standard InChI is InChI=1S/C29H34F3N5O3/c1-20-24(27(38)33-10-13-35-14-16-40-17-15-35)6-7-26-25(20)19-37(34-26)18-21-8-11-36(12-9-21)28(39)22-2-4-23(5-3-22)29(30,31)32/h2-7,19,21H,8-18H2,1H3,(H,33,38). The van der Waals surface area contributed by atoms with Crippen LogP contribution >= 0.6 is 0 Å². The molecule has 0 saturated carbocycles. The highest BCUT2D eigenvalue weighted by Crippen LogP contribution is 2.30. The molecular formula is C29H34F3N5O3. The summed E-state index contributed by atoms with van der Waals surface area (Å²) in [5, 5.41) is 8.68. The number of nitrogens with one attached hydrogen (secondary N) is 1. The second-order valence-electron chi connectivity index (χ2n) is 10.5. The maximum atomic E-state index is 12.9. The van der Waals surface area contributed by atoms with Gasteiger partial charge in [0.15, 0.2) is 0 Å². The van der Waals surface area contributed by atoms with Crippen molar-refractivity contribution in [2.24, 2.45) is 5.92 Å². The van der Waals surface area contributed by atoms with Gasteiger partial charge in [0.2, 0.25) is 0 Å². The SMILES string of the molecule is Cc1c(C(=O)NCCN2CCOCC2)ccc2nn(CC3CCN(C(=O)c4ccc(C(F)(F)F)cc4)CC3)cc12. The Balaban J connectivity index is 1.14. The van der Waals surface area contributed by atoms with Gasteiger partial charge in [-0.3, -0.25) is 19.2 Å².